The number of amides is 1. The Morgan fingerprint density at radius 3 is 2.57 bits per heavy atom. The van der Waals surface area contributed by atoms with Gasteiger partial charge in [0.2, 0.25) is 5.91 Å². The number of nitrogens with zero attached hydrogens (tertiary/aromatic N) is 1. The fourth-order valence-corrected chi connectivity index (χ4v) is 3.69. The quantitative estimate of drug-likeness (QED) is 0.892. The summed E-state index contributed by atoms with van der Waals surface area (Å²) in [6.45, 7) is 4.40. The van der Waals surface area contributed by atoms with Gasteiger partial charge in [0.05, 0.1) is 12.1 Å². The fourth-order valence-electron chi connectivity index (χ4n) is 3.69. The van der Waals surface area contributed by atoms with E-state index in [9.17, 15) is 9.90 Å². The number of likely N-dealkylation sites (tertiary alicyclic amines) is 1. The van der Waals surface area contributed by atoms with E-state index in [1.807, 2.05) is 4.90 Å². The van der Waals surface area contributed by atoms with E-state index in [2.05, 4.69) is 36.5 Å². The van der Waals surface area contributed by atoms with Crippen molar-refractivity contribution in [3.8, 4) is 0 Å². The summed E-state index contributed by atoms with van der Waals surface area (Å²) >= 11 is 0. The zero-order valence-corrected chi connectivity index (χ0v) is 14.0. The van der Waals surface area contributed by atoms with E-state index in [0.717, 1.165) is 38.3 Å². The molecule has 0 radical (unpaired) electrons. The number of aliphatic hydroxyl groups is 1. The highest BCUT2D eigenvalue weighted by atomic mass is 16.3. The number of benzene rings is 1. The zero-order valence-electron chi connectivity index (χ0n) is 14.0. The molecule has 126 valence electrons. The third-order valence-electron chi connectivity index (χ3n) is 5.29. The second kappa shape index (κ2) is 7.45. The summed E-state index contributed by atoms with van der Waals surface area (Å²) in [4.78, 5) is 14.4. The van der Waals surface area contributed by atoms with Crippen molar-refractivity contribution in [1.29, 1.82) is 0 Å². The molecule has 2 N–H and O–H groups in total. The monoisotopic (exact) mass is 316 g/mol. The van der Waals surface area contributed by atoms with E-state index in [-0.39, 0.29) is 18.1 Å². The van der Waals surface area contributed by atoms with E-state index in [1.165, 1.54) is 17.5 Å². The predicted octanol–water partition coefficient (Wildman–Crippen LogP) is 1.89. The molecular weight excluding hydrogens is 288 g/mol. The number of carbonyl (C=O) groups is 1. The zero-order chi connectivity index (χ0) is 16.2. The fraction of sp³-hybridized carbons (Fsp3) is 0.632. The van der Waals surface area contributed by atoms with Crippen molar-refractivity contribution in [2.24, 2.45) is 5.92 Å². The topological polar surface area (TPSA) is 52.6 Å². The highest BCUT2D eigenvalue weighted by Crippen LogP contribution is 2.24. The number of nitrogens with one attached hydrogen (secondary N) is 1. The lowest BCUT2D eigenvalue weighted by Gasteiger charge is -2.33. The Hall–Kier alpha value is -1.39. The normalized spacial score (nSPS) is 25.7. The van der Waals surface area contributed by atoms with Crippen LogP contribution < -0.4 is 5.32 Å². The molecule has 0 unspecified atom stereocenters. The van der Waals surface area contributed by atoms with E-state index >= 15 is 0 Å². The van der Waals surface area contributed by atoms with Gasteiger partial charge >= 0.3 is 0 Å². The molecule has 0 saturated carbocycles. The van der Waals surface area contributed by atoms with Crippen molar-refractivity contribution in [3.05, 3.63) is 35.4 Å². The predicted molar refractivity (Wildman–Crippen MR) is 91.2 cm³/mol. The summed E-state index contributed by atoms with van der Waals surface area (Å²) in [5, 5.41) is 12.7. The number of aliphatic hydroxyl groups excluding tert-OH is 1. The molecular formula is C19H28N2O2. The van der Waals surface area contributed by atoms with Gasteiger partial charge in [0, 0.05) is 19.6 Å². The average molecular weight is 316 g/mol. The number of aryl methyl sites for hydroxylation is 2. The molecule has 2 fully saturated rings. The van der Waals surface area contributed by atoms with Crippen LogP contribution in [0.5, 0.6) is 0 Å². The van der Waals surface area contributed by atoms with Crippen LogP contribution in [0.1, 0.15) is 36.8 Å². The molecule has 2 aliphatic rings. The van der Waals surface area contributed by atoms with Gasteiger partial charge in [0.15, 0.2) is 0 Å². The first-order chi connectivity index (χ1) is 11.1. The van der Waals surface area contributed by atoms with Crippen LogP contribution in [0.2, 0.25) is 0 Å². The highest BCUT2D eigenvalue weighted by molar-refractivity contribution is 5.82. The van der Waals surface area contributed by atoms with Crippen molar-refractivity contribution in [1.82, 2.24) is 10.2 Å². The van der Waals surface area contributed by atoms with Crippen molar-refractivity contribution in [2.75, 3.05) is 19.6 Å². The first-order valence-corrected chi connectivity index (χ1v) is 8.87. The molecule has 2 atom stereocenters. The molecule has 2 saturated heterocycles. The molecule has 2 aliphatic heterocycles. The van der Waals surface area contributed by atoms with E-state index in [0.29, 0.717) is 13.0 Å². The van der Waals surface area contributed by atoms with Crippen molar-refractivity contribution >= 4 is 5.91 Å². The van der Waals surface area contributed by atoms with E-state index in [1.54, 1.807) is 0 Å². The summed E-state index contributed by atoms with van der Waals surface area (Å²) in [7, 11) is 0. The van der Waals surface area contributed by atoms with Gasteiger partial charge in [-0.25, -0.2) is 0 Å². The third-order valence-corrected chi connectivity index (χ3v) is 5.29. The summed E-state index contributed by atoms with van der Waals surface area (Å²) in [5.74, 6) is 0.904. The minimum absolute atomic E-state index is 0.172. The minimum Gasteiger partial charge on any atom is -0.392 e. The van der Waals surface area contributed by atoms with Crippen LogP contribution in [0.25, 0.3) is 0 Å². The summed E-state index contributed by atoms with van der Waals surface area (Å²) < 4.78 is 0. The van der Waals surface area contributed by atoms with Crippen LogP contribution in [-0.4, -0.2) is 47.7 Å². The molecule has 0 aliphatic carbocycles. The Kier molecular flexibility index (Phi) is 5.34. The molecule has 1 amide bonds. The summed E-state index contributed by atoms with van der Waals surface area (Å²) in [6.07, 6.45) is 4.75. The Balaban J connectivity index is 1.41. The van der Waals surface area contributed by atoms with Crippen molar-refractivity contribution in [2.45, 2.75) is 51.2 Å². The molecule has 3 rings (SSSR count). The molecule has 1 aromatic rings. The molecule has 0 aromatic heterocycles. The van der Waals surface area contributed by atoms with Gasteiger partial charge in [-0.05, 0) is 50.5 Å². The lowest BCUT2D eigenvalue weighted by molar-refractivity contribution is -0.134. The Labute approximate surface area is 138 Å². The van der Waals surface area contributed by atoms with Crippen LogP contribution in [0, 0.1) is 12.8 Å². The minimum atomic E-state index is -0.365. The number of hydrogen-bond acceptors (Lipinski definition) is 3. The molecule has 0 bridgehead atoms. The molecule has 23 heavy (non-hydrogen) atoms. The Morgan fingerprint density at radius 1 is 1.26 bits per heavy atom. The number of hydrogen-bond donors (Lipinski definition) is 2. The molecule has 0 spiro atoms. The maximum Gasteiger partial charge on any atom is 0.239 e. The molecule has 2 heterocycles. The smallest absolute Gasteiger partial charge is 0.239 e. The van der Waals surface area contributed by atoms with Crippen LogP contribution in [0.4, 0.5) is 0 Å². The first-order valence-electron chi connectivity index (χ1n) is 8.87. The number of carbonyl (C=O) groups excluding carboxylic acids is 1. The maximum absolute atomic E-state index is 12.4. The average Bonchev–Trinajstić information content (AvgIpc) is 3.01. The number of rotatable bonds is 4. The SMILES string of the molecule is Cc1ccc(CCC2CCN(C(=O)[C@H]3C[C@@H](O)CN3)CC2)cc1. The lowest BCUT2D eigenvalue weighted by Crippen LogP contribution is -2.47. The van der Waals surface area contributed by atoms with Gasteiger partial charge in [-0.1, -0.05) is 29.8 Å². The van der Waals surface area contributed by atoms with Crippen LogP contribution in [0.3, 0.4) is 0 Å². The highest BCUT2D eigenvalue weighted by Gasteiger charge is 2.32. The van der Waals surface area contributed by atoms with Gasteiger partial charge in [0.1, 0.15) is 0 Å². The van der Waals surface area contributed by atoms with Gasteiger partial charge < -0.3 is 15.3 Å². The van der Waals surface area contributed by atoms with E-state index < -0.39 is 0 Å². The lowest BCUT2D eigenvalue weighted by atomic mass is 9.90. The molecule has 4 heteroatoms. The van der Waals surface area contributed by atoms with Crippen LogP contribution in [0.15, 0.2) is 24.3 Å². The number of β-amino-alcohol motifs (C(OH)–C–C–N with tert-alkyl or cyclic N) is 1. The van der Waals surface area contributed by atoms with Crippen LogP contribution in [-0.2, 0) is 11.2 Å². The second-order valence-electron chi connectivity index (χ2n) is 7.14. The third kappa shape index (κ3) is 4.33. The molecule has 1 aromatic carbocycles. The van der Waals surface area contributed by atoms with Gasteiger partial charge in [-0.3, -0.25) is 4.79 Å². The second-order valence-corrected chi connectivity index (χ2v) is 7.14. The Bertz CT molecular complexity index is 521. The van der Waals surface area contributed by atoms with Crippen molar-refractivity contribution < 1.29 is 9.90 Å². The standard InChI is InChI=1S/C19H28N2O2/c1-14-2-4-15(5-3-14)6-7-16-8-10-21(11-9-16)19(23)18-12-17(22)13-20-18/h2-5,16-18,20,22H,6-13H2,1H3/t17-,18-/m1/s1. The van der Waals surface area contributed by atoms with E-state index in [4.69, 9.17) is 0 Å². The summed E-state index contributed by atoms with van der Waals surface area (Å²) in [5.41, 5.74) is 2.73. The van der Waals surface area contributed by atoms with Gasteiger partial charge in [-0.15, -0.1) is 0 Å². The maximum atomic E-state index is 12.4. The molecule has 4 nitrogen and oxygen atoms in total. The Morgan fingerprint density at radius 2 is 1.96 bits per heavy atom. The van der Waals surface area contributed by atoms with Gasteiger partial charge in [0.25, 0.3) is 0 Å². The summed E-state index contributed by atoms with van der Waals surface area (Å²) in [6, 6.07) is 8.64. The first kappa shape index (κ1) is 16.5. The number of piperidine rings is 1. The van der Waals surface area contributed by atoms with Crippen molar-refractivity contribution in [3.63, 3.8) is 0 Å². The van der Waals surface area contributed by atoms with Gasteiger partial charge in [-0.2, -0.15) is 0 Å². The van der Waals surface area contributed by atoms with Crippen LogP contribution >= 0.6 is 0 Å². The largest absolute Gasteiger partial charge is 0.392 e.